The minimum absolute atomic E-state index is 0. The molecular weight excluding hydrogens is 214 g/mol. The van der Waals surface area contributed by atoms with Crippen LogP contribution in [0.25, 0.3) is 0 Å². The molecule has 8 heavy (non-hydrogen) atoms. The molecular formula is C4H10ILiO2. The molecule has 0 amide bonds. The zero-order valence-corrected chi connectivity index (χ0v) is 7.26. The maximum atomic E-state index is 8.09. The molecule has 0 saturated carbocycles. The van der Waals surface area contributed by atoms with Crippen molar-refractivity contribution in [3.8, 4) is 0 Å². The SMILES string of the molecule is OCCCCO.[I-].[Li+]. The average Bonchev–Trinajstić information content (AvgIpc) is 1.61. The summed E-state index contributed by atoms with van der Waals surface area (Å²) in [7, 11) is 0. The van der Waals surface area contributed by atoms with Crippen LogP contribution in [0, 0.1) is 0 Å². The summed E-state index contributed by atoms with van der Waals surface area (Å²) in [5.74, 6) is 0. The fourth-order valence-corrected chi connectivity index (χ4v) is 0.224. The molecule has 0 saturated heterocycles. The third kappa shape index (κ3) is 15.7. The van der Waals surface area contributed by atoms with E-state index in [9.17, 15) is 0 Å². The molecule has 2 nitrogen and oxygen atoms in total. The third-order valence-electron chi connectivity index (χ3n) is 0.566. The van der Waals surface area contributed by atoms with E-state index in [1.165, 1.54) is 0 Å². The van der Waals surface area contributed by atoms with Gasteiger partial charge in [-0.15, -0.1) is 0 Å². The summed E-state index contributed by atoms with van der Waals surface area (Å²) in [6.45, 7) is 0.390. The molecule has 0 unspecified atom stereocenters. The van der Waals surface area contributed by atoms with Crippen LogP contribution in [-0.2, 0) is 0 Å². The molecule has 46 valence electrons. The van der Waals surface area contributed by atoms with E-state index >= 15 is 0 Å². The Kier molecular flexibility index (Phi) is 31.7. The maximum absolute atomic E-state index is 8.09. The Bertz CT molecular complexity index is 26.0. The standard InChI is InChI=1S/C4H10O2.HI.Li/c5-3-1-2-4-6;;/h5-6H,1-4H2;1H;/q;;+1/p-1. The van der Waals surface area contributed by atoms with E-state index in [0.717, 1.165) is 12.8 Å². The molecule has 0 aromatic carbocycles. The average molecular weight is 224 g/mol. The zero-order chi connectivity index (χ0) is 4.83. The van der Waals surface area contributed by atoms with Gasteiger partial charge in [0.1, 0.15) is 0 Å². The van der Waals surface area contributed by atoms with E-state index in [-0.39, 0.29) is 56.1 Å². The molecule has 0 aliphatic rings. The van der Waals surface area contributed by atoms with Crippen LogP contribution in [0.3, 0.4) is 0 Å². The summed E-state index contributed by atoms with van der Waals surface area (Å²) >= 11 is 0. The Morgan fingerprint density at radius 1 is 0.875 bits per heavy atom. The Balaban J connectivity index is -0.000000125. The number of aliphatic hydroxyl groups excluding tert-OH is 2. The Hall–Kier alpha value is 1.25. The summed E-state index contributed by atoms with van der Waals surface area (Å²) in [5.41, 5.74) is 0. The van der Waals surface area contributed by atoms with E-state index in [1.54, 1.807) is 0 Å². The van der Waals surface area contributed by atoms with Crippen molar-refractivity contribution in [2.45, 2.75) is 12.8 Å². The molecule has 0 heterocycles. The van der Waals surface area contributed by atoms with Crippen molar-refractivity contribution in [1.82, 2.24) is 0 Å². The molecule has 0 aromatic heterocycles. The Labute approximate surface area is 78.9 Å². The number of halogens is 1. The number of unbranched alkanes of at least 4 members (excludes halogenated alkanes) is 1. The molecule has 2 N–H and O–H groups in total. The van der Waals surface area contributed by atoms with E-state index in [0.29, 0.717) is 0 Å². The van der Waals surface area contributed by atoms with E-state index in [2.05, 4.69) is 0 Å². The van der Waals surface area contributed by atoms with Gasteiger partial charge in [-0.3, -0.25) is 0 Å². The van der Waals surface area contributed by atoms with Crippen LogP contribution in [0.5, 0.6) is 0 Å². The van der Waals surface area contributed by atoms with Gasteiger partial charge in [0.2, 0.25) is 0 Å². The van der Waals surface area contributed by atoms with E-state index in [4.69, 9.17) is 10.2 Å². The van der Waals surface area contributed by atoms with Gasteiger partial charge in [0.15, 0.2) is 0 Å². The number of hydrogen-bond acceptors (Lipinski definition) is 2. The largest absolute Gasteiger partial charge is 1.00 e. The van der Waals surface area contributed by atoms with E-state index < -0.39 is 0 Å². The topological polar surface area (TPSA) is 40.5 Å². The quantitative estimate of drug-likeness (QED) is 0.284. The van der Waals surface area contributed by atoms with Gasteiger partial charge in [0, 0.05) is 13.2 Å². The second-order valence-corrected chi connectivity index (χ2v) is 1.15. The normalized spacial score (nSPS) is 6.75. The Morgan fingerprint density at radius 3 is 1.25 bits per heavy atom. The van der Waals surface area contributed by atoms with Gasteiger partial charge >= 0.3 is 18.9 Å². The van der Waals surface area contributed by atoms with Crippen molar-refractivity contribution in [2.75, 3.05) is 13.2 Å². The van der Waals surface area contributed by atoms with Gasteiger partial charge in [-0.25, -0.2) is 0 Å². The summed E-state index contributed by atoms with van der Waals surface area (Å²) in [6, 6.07) is 0. The van der Waals surface area contributed by atoms with Gasteiger partial charge < -0.3 is 34.2 Å². The van der Waals surface area contributed by atoms with Gasteiger partial charge in [0.25, 0.3) is 0 Å². The first-order valence-corrected chi connectivity index (χ1v) is 2.13. The molecule has 0 rings (SSSR count). The second kappa shape index (κ2) is 15.7. The van der Waals surface area contributed by atoms with Crippen molar-refractivity contribution in [1.29, 1.82) is 0 Å². The Morgan fingerprint density at radius 2 is 1.12 bits per heavy atom. The first kappa shape index (κ1) is 16.1. The molecule has 4 heteroatoms. The minimum Gasteiger partial charge on any atom is -1.00 e. The smallest absolute Gasteiger partial charge is 1.00 e. The first-order valence-electron chi connectivity index (χ1n) is 2.13. The summed E-state index contributed by atoms with van der Waals surface area (Å²) in [6.07, 6.45) is 1.44. The third-order valence-corrected chi connectivity index (χ3v) is 0.566. The van der Waals surface area contributed by atoms with Crippen molar-refractivity contribution in [3.05, 3.63) is 0 Å². The predicted molar refractivity (Wildman–Crippen MR) is 23.4 cm³/mol. The van der Waals surface area contributed by atoms with Crippen LogP contribution in [0.15, 0.2) is 0 Å². The van der Waals surface area contributed by atoms with Crippen LogP contribution in [0.4, 0.5) is 0 Å². The van der Waals surface area contributed by atoms with Gasteiger partial charge in [-0.1, -0.05) is 0 Å². The van der Waals surface area contributed by atoms with Crippen molar-refractivity contribution >= 4 is 0 Å². The zero-order valence-electron chi connectivity index (χ0n) is 5.10. The predicted octanol–water partition coefficient (Wildman–Crippen LogP) is -6.24. The van der Waals surface area contributed by atoms with Crippen LogP contribution in [0.1, 0.15) is 12.8 Å². The molecule has 0 atom stereocenters. The summed E-state index contributed by atoms with van der Waals surface area (Å²) in [4.78, 5) is 0. The molecule has 0 aliphatic heterocycles. The summed E-state index contributed by atoms with van der Waals surface area (Å²) in [5, 5.41) is 16.2. The van der Waals surface area contributed by atoms with Crippen LogP contribution < -0.4 is 42.8 Å². The minimum atomic E-state index is 0. The van der Waals surface area contributed by atoms with Crippen molar-refractivity contribution in [2.24, 2.45) is 0 Å². The van der Waals surface area contributed by atoms with E-state index in [1.807, 2.05) is 0 Å². The first-order chi connectivity index (χ1) is 2.91. The van der Waals surface area contributed by atoms with Gasteiger partial charge in [-0.05, 0) is 12.8 Å². The number of rotatable bonds is 3. The number of aliphatic hydroxyl groups is 2. The second-order valence-electron chi connectivity index (χ2n) is 1.15. The van der Waals surface area contributed by atoms with Crippen LogP contribution in [0.2, 0.25) is 0 Å². The maximum Gasteiger partial charge on any atom is 1.00 e. The molecule has 0 fully saturated rings. The molecule has 0 spiro atoms. The van der Waals surface area contributed by atoms with Crippen LogP contribution >= 0.6 is 0 Å². The van der Waals surface area contributed by atoms with Crippen LogP contribution in [-0.4, -0.2) is 23.4 Å². The monoisotopic (exact) mass is 224 g/mol. The van der Waals surface area contributed by atoms with Gasteiger partial charge in [0.05, 0.1) is 0 Å². The van der Waals surface area contributed by atoms with Crippen molar-refractivity contribution in [3.63, 3.8) is 0 Å². The molecule has 0 aliphatic carbocycles. The van der Waals surface area contributed by atoms with Crippen molar-refractivity contribution < 1.29 is 53.1 Å². The number of hydrogen-bond donors (Lipinski definition) is 2. The molecule has 0 bridgehead atoms. The summed E-state index contributed by atoms with van der Waals surface area (Å²) < 4.78 is 0. The van der Waals surface area contributed by atoms with Gasteiger partial charge in [-0.2, -0.15) is 0 Å². The fraction of sp³-hybridized carbons (Fsp3) is 1.00. The molecule has 0 aromatic rings. The fourth-order valence-electron chi connectivity index (χ4n) is 0.224. The molecule has 0 radical (unpaired) electrons.